The van der Waals surface area contributed by atoms with Gasteiger partial charge in [-0.3, -0.25) is 4.79 Å². The molecule has 69 valence electrons. The van der Waals surface area contributed by atoms with Gasteiger partial charge in [-0.15, -0.1) is 0 Å². The van der Waals surface area contributed by atoms with E-state index in [9.17, 15) is 4.79 Å². The summed E-state index contributed by atoms with van der Waals surface area (Å²) in [6.45, 7) is 0. The average Bonchev–Trinajstić information content (AvgIpc) is 2.74. The van der Waals surface area contributed by atoms with Gasteiger partial charge in [0, 0.05) is 12.4 Å². The fourth-order valence-corrected chi connectivity index (χ4v) is 1.17. The zero-order valence-corrected chi connectivity index (χ0v) is 7.34. The molecule has 14 heavy (non-hydrogen) atoms. The quantitative estimate of drug-likeness (QED) is 0.740. The number of carbonyl (C=O) groups excluding carboxylic acids is 1. The maximum Gasteiger partial charge on any atom is 0.324 e. The highest BCUT2D eigenvalue weighted by Gasteiger charge is 2.09. The number of rotatable bonds is 3. The van der Waals surface area contributed by atoms with E-state index in [1.165, 1.54) is 4.90 Å². The van der Waals surface area contributed by atoms with Crippen molar-refractivity contribution in [3.05, 3.63) is 42.7 Å². The number of imidazole rings is 1. The van der Waals surface area contributed by atoms with E-state index in [-0.39, 0.29) is 0 Å². The van der Waals surface area contributed by atoms with Crippen molar-refractivity contribution in [3.63, 3.8) is 0 Å². The highest BCUT2D eigenvalue weighted by Crippen LogP contribution is 2.18. The number of hydrogen-bond acceptors (Lipinski definition) is 2. The lowest BCUT2D eigenvalue weighted by Crippen LogP contribution is -2.15. The maximum atomic E-state index is 10.7. The topological polar surface area (TPSA) is 49.0 Å². The third-order valence-electron chi connectivity index (χ3n) is 1.80. The van der Waals surface area contributed by atoms with Gasteiger partial charge in [0.05, 0.1) is 5.69 Å². The Morgan fingerprint density at radius 3 is 2.64 bits per heavy atom. The predicted octanol–water partition coefficient (Wildman–Crippen LogP) is 1.61. The van der Waals surface area contributed by atoms with Crippen LogP contribution in [0.5, 0.6) is 0 Å². The summed E-state index contributed by atoms with van der Waals surface area (Å²) >= 11 is 0. The Kier molecular flexibility index (Phi) is 2.27. The summed E-state index contributed by atoms with van der Waals surface area (Å²) in [7, 11) is 0. The van der Waals surface area contributed by atoms with Gasteiger partial charge >= 0.3 is 6.41 Å². The van der Waals surface area contributed by atoms with Gasteiger partial charge in [0.1, 0.15) is 0 Å². The molecule has 0 saturated carbocycles. The van der Waals surface area contributed by atoms with Gasteiger partial charge in [-0.25, -0.2) is 9.88 Å². The monoisotopic (exact) mass is 186 g/mol. The summed E-state index contributed by atoms with van der Waals surface area (Å²) in [5, 5.41) is 0. The number of nitrogens with one attached hydrogen (secondary N) is 1. The van der Waals surface area contributed by atoms with Crippen LogP contribution in [-0.2, 0) is 4.79 Å². The smallest absolute Gasteiger partial charge is 0.324 e. The molecule has 0 saturated heterocycles. The van der Waals surface area contributed by atoms with Crippen LogP contribution in [0.3, 0.4) is 0 Å². The van der Waals surface area contributed by atoms with Crippen LogP contribution in [0.2, 0.25) is 0 Å². The van der Waals surface area contributed by atoms with Crippen molar-refractivity contribution in [1.29, 1.82) is 0 Å². The molecule has 0 atom stereocenters. The van der Waals surface area contributed by atoms with Crippen LogP contribution in [-0.4, -0.2) is 16.4 Å². The molecule has 1 aromatic heterocycles. The van der Waals surface area contributed by atoms with Gasteiger partial charge in [0.15, 0.2) is 0 Å². The summed E-state index contributed by atoms with van der Waals surface area (Å²) in [5.74, 6) is 0.464. The molecule has 1 heterocycles. The molecule has 0 aliphatic carbocycles. The van der Waals surface area contributed by atoms with Gasteiger partial charge in [0.25, 0.3) is 0 Å². The molecule has 0 fully saturated rings. The Bertz CT molecular complexity index is 397. The van der Waals surface area contributed by atoms with Gasteiger partial charge in [0.2, 0.25) is 5.95 Å². The van der Waals surface area contributed by atoms with Crippen molar-refractivity contribution in [2.75, 3.05) is 4.90 Å². The summed E-state index contributed by atoms with van der Waals surface area (Å²) in [6, 6.07) is 9.21. The third kappa shape index (κ3) is 1.50. The van der Waals surface area contributed by atoms with E-state index >= 15 is 0 Å². The van der Waals surface area contributed by atoms with Crippen molar-refractivity contribution in [2.45, 2.75) is 0 Å². The minimum Gasteiger partial charge on any atom is -0.330 e. The van der Waals surface area contributed by atoms with Crippen molar-refractivity contribution in [1.82, 2.24) is 9.97 Å². The summed E-state index contributed by atoms with van der Waals surface area (Å²) in [4.78, 5) is 18.9. The third-order valence-corrected chi connectivity index (χ3v) is 1.80. The molecule has 2 rings (SSSR count). The zero-order valence-electron chi connectivity index (χ0n) is 7.34. The zero-order chi connectivity index (χ0) is 9.80. The number of para-hydroxylation sites is 1. The molecule has 2 aromatic rings. The molecule has 1 aromatic carbocycles. The second kappa shape index (κ2) is 3.74. The number of H-pyrrole nitrogens is 1. The number of aromatic nitrogens is 2. The van der Waals surface area contributed by atoms with Gasteiger partial charge in [-0.05, 0) is 12.1 Å². The van der Waals surface area contributed by atoms with Gasteiger partial charge in [-0.2, -0.15) is 0 Å². The Morgan fingerprint density at radius 1 is 1.29 bits per heavy atom. The van der Waals surface area contributed by atoms with Crippen LogP contribution in [0.15, 0.2) is 42.7 Å². The number of amides is 1. The molecule has 1 radical (unpaired) electrons. The highest BCUT2D eigenvalue weighted by atomic mass is 16.1. The van der Waals surface area contributed by atoms with Crippen LogP contribution in [0.4, 0.5) is 11.6 Å². The van der Waals surface area contributed by atoms with Crippen LogP contribution in [0, 0.1) is 0 Å². The number of nitrogens with zero attached hydrogens (tertiary/aromatic N) is 2. The molecule has 0 bridgehead atoms. The lowest BCUT2D eigenvalue weighted by molar-refractivity contribution is 0.555. The Hall–Kier alpha value is -2.10. The largest absolute Gasteiger partial charge is 0.330 e. The van der Waals surface area contributed by atoms with E-state index in [1.54, 1.807) is 12.4 Å². The second-order valence-corrected chi connectivity index (χ2v) is 2.68. The summed E-state index contributed by atoms with van der Waals surface area (Å²) < 4.78 is 0. The molecule has 4 nitrogen and oxygen atoms in total. The molecule has 0 spiro atoms. The number of aromatic amines is 1. The molecule has 1 amide bonds. The van der Waals surface area contributed by atoms with E-state index < -0.39 is 0 Å². The Morgan fingerprint density at radius 2 is 2.07 bits per heavy atom. The van der Waals surface area contributed by atoms with E-state index in [0.29, 0.717) is 5.95 Å². The lowest BCUT2D eigenvalue weighted by Gasteiger charge is -2.11. The van der Waals surface area contributed by atoms with Gasteiger partial charge in [-0.1, -0.05) is 18.2 Å². The van der Waals surface area contributed by atoms with Crippen LogP contribution >= 0.6 is 0 Å². The highest BCUT2D eigenvalue weighted by molar-refractivity contribution is 5.83. The second-order valence-electron chi connectivity index (χ2n) is 2.68. The minimum absolute atomic E-state index is 0.464. The summed E-state index contributed by atoms with van der Waals surface area (Å²) in [5.41, 5.74) is 0.734. The average molecular weight is 186 g/mol. The standard InChI is InChI=1S/C10H8N3O/c14-8-13(10-11-6-7-12-10)9-4-2-1-3-5-9/h1-7H,(H,11,12). The molecule has 0 aliphatic heterocycles. The van der Waals surface area contributed by atoms with Crippen molar-refractivity contribution in [3.8, 4) is 0 Å². The Labute approximate surface area is 81.2 Å². The molecule has 4 heteroatoms. The summed E-state index contributed by atoms with van der Waals surface area (Å²) in [6.07, 6.45) is 5.05. The maximum absolute atomic E-state index is 10.7. The molecule has 1 N–H and O–H groups in total. The number of anilines is 2. The van der Waals surface area contributed by atoms with Gasteiger partial charge < -0.3 is 4.98 Å². The molecular weight excluding hydrogens is 178 g/mol. The fraction of sp³-hybridized carbons (Fsp3) is 0. The first kappa shape index (κ1) is 8.50. The first-order valence-electron chi connectivity index (χ1n) is 4.14. The van der Waals surface area contributed by atoms with Crippen LogP contribution < -0.4 is 4.90 Å². The first-order valence-corrected chi connectivity index (χ1v) is 4.14. The molecule has 0 aliphatic rings. The molecule has 0 unspecified atom stereocenters. The van der Waals surface area contributed by atoms with Crippen molar-refractivity contribution in [2.24, 2.45) is 0 Å². The Balaban J connectivity index is 2.36. The van der Waals surface area contributed by atoms with Crippen molar-refractivity contribution < 1.29 is 4.79 Å². The van der Waals surface area contributed by atoms with Crippen molar-refractivity contribution >= 4 is 18.0 Å². The van der Waals surface area contributed by atoms with Crippen LogP contribution in [0.25, 0.3) is 0 Å². The van der Waals surface area contributed by atoms with E-state index in [0.717, 1.165) is 5.69 Å². The van der Waals surface area contributed by atoms with E-state index in [4.69, 9.17) is 0 Å². The minimum atomic E-state index is 0.464. The van der Waals surface area contributed by atoms with Crippen LogP contribution in [0.1, 0.15) is 0 Å². The lowest BCUT2D eigenvalue weighted by atomic mass is 10.3. The molecular formula is C10H8N3O. The number of hydrogen-bond donors (Lipinski definition) is 1. The SMILES string of the molecule is O=[C]N(c1ccccc1)c1ncc[nH]1. The van der Waals surface area contributed by atoms with E-state index in [1.807, 2.05) is 36.7 Å². The van der Waals surface area contributed by atoms with E-state index in [2.05, 4.69) is 9.97 Å². The predicted molar refractivity (Wildman–Crippen MR) is 52.9 cm³/mol. The number of benzene rings is 1. The fourth-order valence-electron chi connectivity index (χ4n) is 1.17. The normalized spacial score (nSPS) is 9.71. The first-order chi connectivity index (χ1) is 6.92.